The number of ketones is 1. The molecule has 4 rings (SSSR count). The Morgan fingerprint density at radius 3 is 2.61 bits per heavy atom. The van der Waals surface area contributed by atoms with Crippen LogP contribution >= 0.6 is 0 Å². The summed E-state index contributed by atoms with van der Waals surface area (Å²) in [6.07, 6.45) is 19.6. The molecule has 33 heavy (non-hydrogen) atoms. The average Bonchev–Trinajstić information content (AvgIpc) is 3.09. The van der Waals surface area contributed by atoms with Crippen LogP contribution in [0.5, 0.6) is 0 Å². The highest BCUT2D eigenvalue weighted by molar-refractivity contribution is 5.91. The minimum absolute atomic E-state index is 0.189. The number of carboxylic acid groups (broad SMARTS) is 1. The molecule has 2 N–H and O–H groups in total. The number of terminal acetylenes is 1. The molecule has 4 heteroatoms. The largest absolute Gasteiger partial charge is 0.481 e. The molecule has 3 fully saturated rings. The van der Waals surface area contributed by atoms with Crippen LogP contribution in [0.1, 0.15) is 97.3 Å². The van der Waals surface area contributed by atoms with Crippen molar-refractivity contribution in [1.82, 2.24) is 0 Å². The zero-order valence-electron chi connectivity index (χ0n) is 20.6. The number of carboxylic acids is 1. The lowest BCUT2D eigenvalue weighted by molar-refractivity contribution is -0.137. The summed E-state index contributed by atoms with van der Waals surface area (Å²) in [6, 6.07) is 0. The molecule has 0 spiro atoms. The molecule has 182 valence electrons. The van der Waals surface area contributed by atoms with Crippen molar-refractivity contribution in [3.63, 3.8) is 0 Å². The van der Waals surface area contributed by atoms with Gasteiger partial charge < -0.3 is 10.2 Å². The molecule has 0 aliphatic heterocycles. The lowest BCUT2D eigenvalue weighted by Crippen LogP contribution is -2.54. The standard InChI is InChI=1S/C22H28O2.C7H14O2/c1-4-21-13-14(3)20-17-9-7-16(23)12-15(17)6-8-18(20)19(21)10-11-22(21,24)5-2;1-2-3-4-5-6-7(8)9/h2,12,17-20,24H,3-4,6-11,13H2,1H3;2-6H2,1H3,(H,8,9)/t17-,18-,19-,20+,21-,22-;/m0./s1. The average molecular weight is 455 g/mol. The SMILES string of the molecule is C#C[C@]1(O)CC[C@H]2[C@@H]3CCC4=CC(=O)CC[C@@H]4[C@H]3C(=C)C[C@@]21CC.CCCCCCC(=O)O. The van der Waals surface area contributed by atoms with Crippen LogP contribution in [0.15, 0.2) is 23.8 Å². The van der Waals surface area contributed by atoms with Gasteiger partial charge in [-0.1, -0.05) is 56.8 Å². The first kappa shape index (κ1) is 25.8. The van der Waals surface area contributed by atoms with Gasteiger partial charge in [-0.05, 0) is 81.1 Å². The van der Waals surface area contributed by atoms with E-state index >= 15 is 0 Å². The molecule has 0 heterocycles. The third kappa shape index (κ3) is 4.85. The molecule has 0 bridgehead atoms. The predicted molar refractivity (Wildman–Crippen MR) is 131 cm³/mol. The van der Waals surface area contributed by atoms with Gasteiger partial charge in [0.25, 0.3) is 0 Å². The van der Waals surface area contributed by atoms with Gasteiger partial charge in [0.15, 0.2) is 5.78 Å². The van der Waals surface area contributed by atoms with Crippen LogP contribution in [-0.2, 0) is 9.59 Å². The smallest absolute Gasteiger partial charge is 0.303 e. The van der Waals surface area contributed by atoms with Crippen molar-refractivity contribution in [1.29, 1.82) is 0 Å². The van der Waals surface area contributed by atoms with Crippen LogP contribution in [-0.4, -0.2) is 27.6 Å². The van der Waals surface area contributed by atoms with Crippen LogP contribution in [0.2, 0.25) is 0 Å². The first-order valence-corrected chi connectivity index (χ1v) is 13.1. The minimum Gasteiger partial charge on any atom is -0.481 e. The second-order valence-electron chi connectivity index (χ2n) is 10.8. The van der Waals surface area contributed by atoms with Crippen molar-refractivity contribution in [3.8, 4) is 12.3 Å². The van der Waals surface area contributed by atoms with Crippen LogP contribution < -0.4 is 0 Å². The van der Waals surface area contributed by atoms with E-state index in [0.717, 1.165) is 64.2 Å². The van der Waals surface area contributed by atoms with Gasteiger partial charge in [-0.25, -0.2) is 0 Å². The third-order valence-electron chi connectivity index (χ3n) is 9.18. The number of carbonyl (C=O) groups excluding carboxylic acids is 1. The quantitative estimate of drug-likeness (QED) is 0.289. The van der Waals surface area contributed by atoms with Crippen molar-refractivity contribution < 1.29 is 19.8 Å². The van der Waals surface area contributed by atoms with Gasteiger partial charge >= 0.3 is 5.97 Å². The molecule has 0 amide bonds. The Balaban J connectivity index is 0.000000292. The van der Waals surface area contributed by atoms with E-state index in [4.69, 9.17) is 11.5 Å². The number of fused-ring (bicyclic) bond motifs is 5. The van der Waals surface area contributed by atoms with Crippen molar-refractivity contribution >= 4 is 11.8 Å². The molecule has 6 atom stereocenters. The van der Waals surface area contributed by atoms with E-state index in [-0.39, 0.29) is 5.41 Å². The van der Waals surface area contributed by atoms with Crippen molar-refractivity contribution in [2.75, 3.05) is 0 Å². The Bertz CT molecular complexity index is 833. The monoisotopic (exact) mass is 454 g/mol. The number of carbonyl (C=O) groups is 2. The normalized spacial score (nSPS) is 37.0. The van der Waals surface area contributed by atoms with E-state index in [1.54, 1.807) is 0 Å². The number of aliphatic carboxylic acids is 1. The van der Waals surface area contributed by atoms with Crippen LogP contribution in [0.3, 0.4) is 0 Å². The topological polar surface area (TPSA) is 74.6 Å². The molecule has 0 unspecified atom stereocenters. The number of allylic oxidation sites excluding steroid dienone is 2. The van der Waals surface area contributed by atoms with E-state index in [1.165, 1.54) is 17.6 Å². The molecule has 0 radical (unpaired) electrons. The van der Waals surface area contributed by atoms with Crippen LogP contribution in [0.4, 0.5) is 0 Å². The molecular formula is C29H42O4. The molecule has 4 aliphatic carbocycles. The molecule has 0 aromatic heterocycles. The van der Waals surface area contributed by atoms with E-state index in [1.807, 2.05) is 6.08 Å². The fraction of sp³-hybridized carbons (Fsp3) is 0.724. The lowest BCUT2D eigenvalue weighted by Gasteiger charge is -2.56. The van der Waals surface area contributed by atoms with Gasteiger partial charge in [-0.15, -0.1) is 6.42 Å². The zero-order valence-corrected chi connectivity index (χ0v) is 20.6. The van der Waals surface area contributed by atoms with E-state index in [2.05, 4.69) is 26.3 Å². The number of aliphatic hydroxyl groups is 1. The number of rotatable bonds is 6. The first-order chi connectivity index (χ1) is 15.7. The summed E-state index contributed by atoms with van der Waals surface area (Å²) in [5.41, 5.74) is 1.48. The molecule has 0 aromatic rings. The van der Waals surface area contributed by atoms with Gasteiger partial charge in [0.2, 0.25) is 0 Å². The van der Waals surface area contributed by atoms with Crippen LogP contribution in [0, 0.1) is 41.4 Å². The molecular weight excluding hydrogens is 412 g/mol. The summed E-state index contributed by atoms with van der Waals surface area (Å²) in [5.74, 6) is 4.45. The van der Waals surface area contributed by atoms with Gasteiger partial charge in [0.05, 0.1) is 0 Å². The summed E-state index contributed by atoms with van der Waals surface area (Å²) in [6.45, 7) is 8.76. The fourth-order valence-corrected chi connectivity index (χ4v) is 7.61. The second-order valence-corrected chi connectivity index (χ2v) is 10.8. The van der Waals surface area contributed by atoms with Gasteiger partial charge in [-0.3, -0.25) is 9.59 Å². The highest BCUT2D eigenvalue weighted by Gasteiger charge is 2.64. The Morgan fingerprint density at radius 1 is 1.21 bits per heavy atom. The second kappa shape index (κ2) is 10.6. The lowest BCUT2D eigenvalue weighted by atomic mass is 9.48. The molecule has 4 aliphatic rings. The summed E-state index contributed by atoms with van der Waals surface area (Å²) in [7, 11) is 0. The maximum Gasteiger partial charge on any atom is 0.303 e. The summed E-state index contributed by atoms with van der Waals surface area (Å²) >= 11 is 0. The predicted octanol–water partition coefficient (Wildman–Crippen LogP) is 6.09. The molecule has 0 aromatic carbocycles. The molecule has 4 nitrogen and oxygen atoms in total. The number of hydrogen-bond acceptors (Lipinski definition) is 3. The van der Waals surface area contributed by atoms with Gasteiger partial charge in [-0.2, -0.15) is 0 Å². The van der Waals surface area contributed by atoms with Crippen molar-refractivity contribution in [3.05, 3.63) is 23.8 Å². The summed E-state index contributed by atoms with van der Waals surface area (Å²) in [4.78, 5) is 21.8. The van der Waals surface area contributed by atoms with E-state index < -0.39 is 11.6 Å². The Kier molecular flexibility index (Phi) is 8.27. The minimum atomic E-state index is -0.973. The highest BCUT2D eigenvalue weighted by atomic mass is 16.4. The number of unbranched alkanes of at least 4 members (excludes halogenated alkanes) is 3. The van der Waals surface area contributed by atoms with E-state index in [9.17, 15) is 14.7 Å². The maximum absolute atomic E-state index is 11.8. The maximum atomic E-state index is 11.8. The zero-order chi connectivity index (χ0) is 24.2. The van der Waals surface area contributed by atoms with Crippen LogP contribution in [0.25, 0.3) is 0 Å². The van der Waals surface area contributed by atoms with Gasteiger partial charge in [0, 0.05) is 18.3 Å². The Hall–Kier alpha value is -1.86. The Morgan fingerprint density at radius 2 is 1.97 bits per heavy atom. The third-order valence-corrected chi connectivity index (χ3v) is 9.18. The van der Waals surface area contributed by atoms with Gasteiger partial charge in [0.1, 0.15) is 5.60 Å². The molecule has 0 saturated heterocycles. The summed E-state index contributed by atoms with van der Waals surface area (Å²) in [5, 5.41) is 19.4. The highest BCUT2D eigenvalue weighted by Crippen LogP contribution is 2.67. The van der Waals surface area contributed by atoms with Crippen molar-refractivity contribution in [2.24, 2.45) is 29.1 Å². The molecule has 3 saturated carbocycles. The fourth-order valence-electron chi connectivity index (χ4n) is 7.61. The Labute approximate surface area is 199 Å². The van der Waals surface area contributed by atoms with Crippen molar-refractivity contribution in [2.45, 2.75) is 103 Å². The number of hydrogen-bond donors (Lipinski definition) is 2. The van der Waals surface area contributed by atoms with E-state index in [0.29, 0.717) is 42.3 Å². The first-order valence-electron chi connectivity index (χ1n) is 13.1. The summed E-state index contributed by atoms with van der Waals surface area (Å²) < 4.78 is 0.